The lowest BCUT2D eigenvalue weighted by Gasteiger charge is -2.20. The summed E-state index contributed by atoms with van der Waals surface area (Å²) in [7, 11) is 1.47. The second-order valence-electron chi connectivity index (χ2n) is 4.97. The van der Waals surface area contributed by atoms with E-state index in [0.29, 0.717) is 11.6 Å². The largest absolute Gasteiger partial charge is 0.481 e. The zero-order valence-electron chi connectivity index (χ0n) is 13.7. The van der Waals surface area contributed by atoms with Crippen LogP contribution in [0.3, 0.4) is 0 Å². The minimum Gasteiger partial charge on any atom is -0.481 e. The Morgan fingerprint density at radius 1 is 1.36 bits per heavy atom. The summed E-state index contributed by atoms with van der Waals surface area (Å²) in [5.41, 5.74) is 0.211. The fourth-order valence-electron chi connectivity index (χ4n) is 1.99. The summed E-state index contributed by atoms with van der Waals surface area (Å²) in [6.07, 6.45) is 2.98. The Morgan fingerprint density at radius 3 is 2.80 bits per heavy atom. The number of esters is 1. The predicted octanol–water partition coefficient (Wildman–Crippen LogP) is 1.78. The van der Waals surface area contributed by atoms with E-state index in [9.17, 15) is 9.59 Å². The molecule has 1 amide bonds. The molecular weight excluding hydrogens is 326 g/mol. The smallest absolute Gasteiger partial charge is 0.340 e. The highest BCUT2D eigenvalue weighted by Gasteiger charge is 2.18. The molecule has 25 heavy (non-hydrogen) atoms. The number of ether oxygens (including phenoxy) is 2. The second kappa shape index (κ2) is 9.08. The third-order valence-electron chi connectivity index (χ3n) is 3.28. The van der Waals surface area contributed by atoms with Crippen LogP contribution in [0.25, 0.3) is 0 Å². The van der Waals surface area contributed by atoms with E-state index in [1.807, 2.05) is 6.07 Å². The highest BCUT2D eigenvalue weighted by Crippen LogP contribution is 2.09. The van der Waals surface area contributed by atoms with Crippen molar-refractivity contribution in [2.24, 2.45) is 0 Å². The van der Waals surface area contributed by atoms with Crippen LogP contribution in [0.15, 0.2) is 41.1 Å². The Kier molecular flexibility index (Phi) is 6.54. The molecule has 0 radical (unpaired) electrons. The number of aromatic nitrogens is 1. The molecule has 0 spiro atoms. The van der Waals surface area contributed by atoms with Crippen LogP contribution in [0, 0.1) is 11.3 Å². The molecule has 2 heterocycles. The maximum atomic E-state index is 12.3. The minimum absolute atomic E-state index is 0.169. The van der Waals surface area contributed by atoms with Crippen molar-refractivity contribution in [3.63, 3.8) is 0 Å². The number of pyridine rings is 1. The standard InChI is InChI=1S/C17H17N3O5/c1-23-15-6-5-13(10-19-15)17(22)25-12-16(21)20(8-3-7-18)11-14-4-2-9-24-14/h2,4-6,9-10H,3,8,11-12H2,1H3. The maximum Gasteiger partial charge on any atom is 0.340 e. The molecule has 0 saturated heterocycles. The molecule has 0 N–H and O–H groups in total. The van der Waals surface area contributed by atoms with Gasteiger partial charge >= 0.3 is 5.97 Å². The number of rotatable bonds is 8. The van der Waals surface area contributed by atoms with E-state index in [1.54, 1.807) is 12.1 Å². The highest BCUT2D eigenvalue weighted by atomic mass is 16.5. The van der Waals surface area contributed by atoms with E-state index < -0.39 is 18.5 Å². The Morgan fingerprint density at radius 2 is 2.20 bits per heavy atom. The van der Waals surface area contributed by atoms with Crippen molar-refractivity contribution >= 4 is 11.9 Å². The van der Waals surface area contributed by atoms with Gasteiger partial charge in [0.25, 0.3) is 5.91 Å². The molecule has 0 aromatic carbocycles. The Balaban J connectivity index is 1.92. The van der Waals surface area contributed by atoms with Crippen molar-refractivity contribution in [2.45, 2.75) is 13.0 Å². The summed E-state index contributed by atoms with van der Waals surface area (Å²) < 4.78 is 15.1. The normalized spacial score (nSPS) is 9.92. The zero-order chi connectivity index (χ0) is 18.1. The van der Waals surface area contributed by atoms with Crippen LogP contribution in [0.2, 0.25) is 0 Å². The molecule has 0 aliphatic carbocycles. The summed E-state index contributed by atoms with van der Waals surface area (Å²) in [6, 6.07) is 8.43. The monoisotopic (exact) mass is 343 g/mol. The van der Waals surface area contributed by atoms with Gasteiger partial charge in [-0.25, -0.2) is 9.78 Å². The summed E-state index contributed by atoms with van der Waals surface area (Å²) in [6.45, 7) is -0.0101. The number of nitrogens with zero attached hydrogens (tertiary/aromatic N) is 3. The number of carbonyl (C=O) groups excluding carboxylic acids is 2. The van der Waals surface area contributed by atoms with Crippen molar-refractivity contribution in [2.75, 3.05) is 20.3 Å². The quantitative estimate of drug-likeness (QED) is 0.673. The number of amides is 1. The highest BCUT2D eigenvalue weighted by molar-refractivity contribution is 5.91. The molecule has 0 saturated carbocycles. The third-order valence-corrected chi connectivity index (χ3v) is 3.28. The van der Waals surface area contributed by atoms with Crippen molar-refractivity contribution < 1.29 is 23.5 Å². The van der Waals surface area contributed by atoms with Crippen LogP contribution in [0.1, 0.15) is 22.5 Å². The average molecular weight is 343 g/mol. The van der Waals surface area contributed by atoms with Crippen LogP contribution >= 0.6 is 0 Å². The number of furan rings is 1. The first-order valence-electron chi connectivity index (χ1n) is 7.48. The van der Waals surface area contributed by atoms with E-state index in [2.05, 4.69) is 4.98 Å². The van der Waals surface area contributed by atoms with Gasteiger partial charge in [-0.3, -0.25) is 4.79 Å². The molecule has 2 aromatic heterocycles. The Hall–Kier alpha value is -3.34. The van der Waals surface area contributed by atoms with Crippen LogP contribution in [0.4, 0.5) is 0 Å². The first-order chi connectivity index (χ1) is 12.1. The lowest BCUT2D eigenvalue weighted by Crippen LogP contribution is -2.35. The van der Waals surface area contributed by atoms with Crippen molar-refractivity contribution in [3.8, 4) is 11.9 Å². The molecule has 0 aliphatic rings. The van der Waals surface area contributed by atoms with Gasteiger partial charge in [0.15, 0.2) is 6.61 Å². The van der Waals surface area contributed by atoms with Crippen LogP contribution in [0.5, 0.6) is 5.88 Å². The number of hydrogen-bond donors (Lipinski definition) is 0. The van der Waals surface area contributed by atoms with Crippen molar-refractivity contribution in [3.05, 3.63) is 48.0 Å². The number of carbonyl (C=O) groups is 2. The minimum atomic E-state index is -0.665. The molecule has 2 aromatic rings. The first-order valence-corrected chi connectivity index (χ1v) is 7.48. The zero-order valence-corrected chi connectivity index (χ0v) is 13.7. The molecule has 2 rings (SSSR count). The van der Waals surface area contributed by atoms with Gasteiger partial charge < -0.3 is 18.8 Å². The lowest BCUT2D eigenvalue weighted by molar-refractivity contribution is -0.135. The summed E-state index contributed by atoms with van der Waals surface area (Å²) >= 11 is 0. The Bertz CT molecular complexity index is 735. The summed E-state index contributed by atoms with van der Waals surface area (Å²) in [5.74, 6) is -0.131. The molecule has 0 unspecified atom stereocenters. The summed E-state index contributed by atoms with van der Waals surface area (Å²) in [4.78, 5) is 29.5. The van der Waals surface area contributed by atoms with Gasteiger partial charge in [-0.2, -0.15) is 5.26 Å². The van der Waals surface area contributed by atoms with Crippen molar-refractivity contribution in [1.82, 2.24) is 9.88 Å². The van der Waals surface area contributed by atoms with Crippen LogP contribution < -0.4 is 4.74 Å². The first kappa shape index (κ1) is 18.0. The van der Waals surface area contributed by atoms with Gasteiger partial charge in [0.2, 0.25) is 5.88 Å². The van der Waals surface area contributed by atoms with Gasteiger partial charge in [-0.1, -0.05) is 0 Å². The third kappa shape index (κ3) is 5.35. The number of hydrogen-bond acceptors (Lipinski definition) is 7. The van der Waals surface area contributed by atoms with E-state index in [4.69, 9.17) is 19.2 Å². The van der Waals surface area contributed by atoms with Crippen molar-refractivity contribution in [1.29, 1.82) is 5.26 Å². The van der Waals surface area contributed by atoms with Gasteiger partial charge in [0.05, 0.1) is 38.0 Å². The van der Waals surface area contributed by atoms with Crippen LogP contribution in [-0.4, -0.2) is 42.0 Å². The van der Waals surface area contributed by atoms with E-state index in [1.165, 1.54) is 36.6 Å². The van der Waals surface area contributed by atoms with E-state index >= 15 is 0 Å². The molecule has 0 bridgehead atoms. The predicted molar refractivity (Wildman–Crippen MR) is 85.4 cm³/mol. The lowest BCUT2D eigenvalue weighted by atomic mass is 10.3. The maximum absolute atomic E-state index is 12.3. The molecule has 130 valence electrons. The summed E-state index contributed by atoms with van der Waals surface area (Å²) in [5, 5.41) is 8.72. The Labute approximate surface area is 144 Å². The van der Waals surface area contributed by atoms with Gasteiger partial charge in [0, 0.05) is 18.8 Å². The van der Waals surface area contributed by atoms with E-state index in [-0.39, 0.29) is 25.1 Å². The number of methoxy groups -OCH3 is 1. The van der Waals surface area contributed by atoms with Crippen LogP contribution in [-0.2, 0) is 16.1 Å². The van der Waals surface area contributed by atoms with Gasteiger partial charge in [-0.15, -0.1) is 0 Å². The SMILES string of the molecule is COc1ccc(C(=O)OCC(=O)N(CCC#N)Cc2ccco2)cn1. The van der Waals surface area contributed by atoms with Gasteiger partial charge in [-0.05, 0) is 18.2 Å². The molecule has 8 heteroatoms. The van der Waals surface area contributed by atoms with E-state index in [0.717, 1.165) is 0 Å². The van der Waals surface area contributed by atoms with Gasteiger partial charge in [0.1, 0.15) is 5.76 Å². The average Bonchev–Trinajstić information content (AvgIpc) is 3.16. The molecular formula is C17H17N3O5. The molecule has 0 fully saturated rings. The fourth-order valence-corrected chi connectivity index (χ4v) is 1.99. The fraction of sp³-hybridized carbons (Fsp3) is 0.294. The molecule has 0 aliphatic heterocycles. The molecule has 8 nitrogen and oxygen atoms in total. The second-order valence-corrected chi connectivity index (χ2v) is 4.97. The topological polar surface area (TPSA) is 106 Å². The molecule has 0 atom stereocenters. The number of nitriles is 1.